The molecule has 0 fully saturated rings. The van der Waals surface area contributed by atoms with Crippen LogP contribution < -0.4 is 5.32 Å². The molecule has 21 heavy (non-hydrogen) atoms. The zero-order valence-corrected chi connectivity index (χ0v) is 12.0. The highest BCUT2D eigenvalue weighted by atomic mass is 19.4. The number of aryl methyl sites for hydroxylation is 1. The van der Waals surface area contributed by atoms with E-state index in [0.29, 0.717) is 12.0 Å². The van der Waals surface area contributed by atoms with E-state index in [2.05, 4.69) is 10.3 Å². The average Bonchev–Trinajstić information content (AvgIpc) is 2.91. The first-order chi connectivity index (χ1) is 9.95. The van der Waals surface area contributed by atoms with Gasteiger partial charge in [-0.25, -0.2) is 4.98 Å². The van der Waals surface area contributed by atoms with Gasteiger partial charge < -0.3 is 9.88 Å². The molecule has 0 radical (unpaired) electrons. The first-order valence-corrected chi connectivity index (χ1v) is 6.80. The van der Waals surface area contributed by atoms with Crippen LogP contribution in [0, 0.1) is 0 Å². The molecule has 1 aromatic carbocycles. The first kappa shape index (κ1) is 15.6. The normalized spacial score (nSPS) is 13.4. The zero-order valence-electron chi connectivity index (χ0n) is 12.0. The van der Waals surface area contributed by atoms with E-state index >= 15 is 0 Å². The summed E-state index contributed by atoms with van der Waals surface area (Å²) in [6.45, 7) is 2.79. The molecule has 1 unspecified atom stereocenters. The highest BCUT2D eigenvalue weighted by Crippen LogP contribution is 2.31. The summed E-state index contributed by atoms with van der Waals surface area (Å²) in [4.78, 5) is 4.27. The largest absolute Gasteiger partial charge is 0.416 e. The van der Waals surface area contributed by atoms with E-state index in [9.17, 15) is 13.2 Å². The van der Waals surface area contributed by atoms with Crippen LogP contribution in [0.3, 0.4) is 0 Å². The van der Waals surface area contributed by atoms with E-state index in [1.165, 1.54) is 12.1 Å². The molecule has 1 heterocycles. The number of halogens is 3. The molecule has 0 spiro atoms. The molecule has 0 saturated carbocycles. The molecule has 1 aromatic heterocycles. The average molecular weight is 297 g/mol. The van der Waals surface area contributed by atoms with Gasteiger partial charge in [0.25, 0.3) is 0 Å². The molecule has 3 nitrogen and oxygen atoms in total. The number of rotatable bonds is 5. The van der Waals surface area contributed by atoms with Gasteiger partial charge in [0.1, 0.15) is 5.82 Å². The Bertz CT molecular complexity index is 590. The molecule has 0 aliphatic carbocycles. The minimum absolute atomic E-state index is 0.208. The van der Waals surface area contributed by atoms with Crippen molar-refractivity contribution in [1.82, 2.24) is 14.9 Å². The van der Waals surface area contributed by atoms with Crippen LogP contribution in [0.4, 0.5) is 13.2 Å². The van der Waals surface area contributed by atoms with Crippen LogP contribution in [0.5, 0.6) is 0 Å². The second-order valence-electron chi connectivity index (χ2n) is 4.80. The maximum Gasteiger partial charge on any atom is 0.416 e. The number of aromatic nitrogens is 2. The molecule has 1 atom stereocenters. The molecule has 114 valence electrons. The second-order valence-corrected chi connectivity index (χ2v) is 4.80. The number of likely N-dealkylation sites (N-methyl/N-ethyl adjacent to an activating group) is 1. The van der Waals surface area contributed by atoms with Gasteiger partial charge in [0.15, 0.2) is 0 Å². The van der Waals surface area contributed by atoms with Crippen LogP contribution in [-0.2, 0) is 19.1 Å². The fourth-order valence-electron chi connectivity index (χ4n) is 2.32. The SMILES string of the molecule is CCn1ccnc1CC(NC)c1cccc(C(F)(F)F)c1. The lowest BCUT2D eigenvalue weighted by molar-refractivity contribution is -0.137. The van der Waals surface area contributed by atoms with Crippen molar-refractivity contribution >= 4 is 0 Å². The Hall–Kier alpha value is -1.82. The summed E-state index contributed by atoms with van der Waals surface area (Å²) in [5.41, 5.74) is -0.0166. The second kappa shape index (κ2) is 6.30. The van der Waals surface area contributed by atoms with Crippen molar-refractivity contribution in [3.63, 3.8) is 0 Å². The summed E-state index contributed by atoms with van der Waals surface area (Å²) < 4.78 is 40.4. The van der Waals surface area contributed by atoms with Gasteiger partial charge in [0, 0.05) is 31.4 Å². The van der Waals surface area contributed by atoms with Crippen LogP contribution >= 0.6 is 0 Å². The van der Waals surface area contributed by atoms with Crippen molar-refractivity contribution < 1.29 is 13.2 Å². The van der Waals surface area contributed by atoms with Gasteiger partial charge in [0.2, 0.25) is 0 Å². The van der Waals surface area contributed by atoms with Gasteiger partial charge in [-0.05, 0) is 31.7 Å². The molecule has 2 aromatic rings. The smallest absolute Gasteiger partial charge is 0.335 e. The number of imidazole rings is 1. The van der Waals surface area contributed by atoms with Crippen molar-refractivity contribution in [1.29, 1.82) is 0 Å². The standard InChI is InChI=1S/C15H18F3N3/c1-3-21-8-7-20-14(21)10-13(19-2)11-5-4-6-12(9-11)15(16,17)18/h4-9,13,19H,3,10H2,1-2H3. The van der Waals surface area contributed by atoms with Crippen LogP contribution in [0.1, 0.15) is 29.9 Å². The third-order valence-electron chi connectivity index (χ3n) is 3.49. The third kappa shape index (κ3) is 3.64. The van der Waals surface area contributed by atoms with Crippen molar-refractivity contribution in [3.05, 3.63) is 53.6 Å². The van der Waals surface area contributed by atoms with Crippen LogP contribution in [0.15, 0.2) is 36.7 Å². The number of nitrogens with one attached hydrogen (secondary N) is 1. The maximum absolute atomic E-state index is 12.8. The molecular weight excluding hydrogens is 279 g/mol. The Balaban J connectivity index is 2.25. The van der Waals surface area contributed by atoms with Gasteiger partial charge in [-0.3, -0.25) is 0 Å². The molecule has 1 N–H and O–H groups in total. The van der Waals surface area contributed by atoms with Gasteiger partial charge in [-0.15, -0.1) is 0 Å². The third-order valence-corrected chi connectivity index (χ3v) is 3.49. The minimum Gasteiger partial charge on any atom is -0.335 e. The lowest BCUT2D eigenvalue weighted by Gasteiger charge is -2.18. The Labute approximate surface area is 121 Å². The van der Waals surface area contributed by atoms with Gasteiger partial charge in [-0.2, -0.15) is 13.2 Å². The number of hydrogen-bond acceptors (Lipinski definition) is 2. The summed E-state index contributed by atoms with van der Waals surface area (Å²) >= 11 is 0. The van der Waals surface area contributed by atoms with E-state index in [4.69, 9.17) is 0 Å². The van der Waals surface area contributed by atoms with E-state index in [1.807, 2.05) is 17.7 Å². The van der Waals surface area contributed by atoms with Crippen LogP contribution in [0.2, 0.25) is 0 Å². The minimum atomic E-state index is -4.32. The predicted molar refractivity (Wildman–Crippen MR) is 74.8 cm³/mol. The van der Waals surface area contributed by atoms with Crippen molar-refractivity contribution in [2.75, 3.05) is 7.05 Å². The molecule has 0 bridgehead atoms. The van der Waals surface area contributed by atoms with Gasteiger partial charge >= 0.3 is 6.18 Å². The van der Waals surface area contributed by atoms with Gasteiger partial charge in [0.05, 0.1) is 5.56 Å². The fourth-order valence-corrected chi connectivity index (χ4v) is 2.32. The van der Waals surface area contributed by atoms with Crippen molar-refractivity contribution in [2.45, 2.75) is 32.1 Å². The fraction of sp³-hybridized carbons (Fsp3) is 0.400. The Kier molecular flexibility index (Phi) is 4.67. The first-order valence-electron chi connectivity index (χ1n) is 6.80. The number of alkyl halides is 3. The van der Waals surface area contributed by atoms with Crippen molar-refractivity contribution in [3.8, 4) is 0 Å². The monoisotopic (exact) mass is 297 g/mol. The molecule has 0 aliphatic rings. The topological polar surface area (TPSA) is 29.9 Å². The quantitative estimate of drug-likeness (QED) is 0.916. The number of hydrogen-bond donors (Lipinski definition) is 1. The van der Waals surface area contributed by atoms with Crippen LogP contribution in [0.25, 0.3) is 0 Å². The van der Waals surface area contributed by atoms with E-state index in [0.717, 1.165) is 18.4 Å². The van der Waals surface area contributed by atoms with Gasteiger partial charge in [-0.1, -0.05) is 12.1 Å². The Morgan fingerprint density at radius 3 is 2.71 bits per heavy atom. The molecule has 6 heteroatoms. The zero-order chi connectivity index (χ0) is 15.5. The predicted octanol–water partition coefficient (Wildman–Crippen LogP) is 3.43. The maximum atomic E-state index is 12.8. The number of benzene rings is 1. The molecule has 2 rings (SSSR count). The van der Waals surface area contributed by atoms with E-state index in [-0.39, 0.29) is 6.04 Å². The summed E-state index contributed by atoms with van der Waals surface area (Å²) in [7, 11) is 1.74. The Morgan fingerprint density at radius 2 is 2.10 bits per heavy atom. The summed E-state index contributed by atoms with van der Waals surface area (Å²) in [5.74, 6) is 0.856. The highest BCUT2D eigenvalue weighted by Gasteiger charge is 2.31. The summed E-state index contributed by atoms with van der Waals surface area (Å²) in [6.07, 6.45) is -0.208. The van der Waals surface area contributed by atoms with E-state index < -0.39 is 11.7 Å². The molecule has 0 saturated heterocycles. The highest BCUT2D eigenvalue weighted by molar-refractivity contribution is 5.28. The lowest BCUT2D eigenvalue weighted by Crippen LogP contribution is -2.21. The molecular formula is C15H18F3N3. The van der Waals surface area contributed by atoms with Crippen molar-refractivity contribution in [2.24, 2.45) is 0 Å². The number of nitrogens with zero attached hydrogens (tertiary/aromatic N) is 2. The molecule has 0 aliphatic heterocycles. The molecule has 0 amide bonds. The van der Waals surface area contributed by atoms with Crippen LogP contribution in [-0.4, -0.2) is 16.6 Å². The Morgan fingerprint density at radius 1 is 1.33 bits per heavy atom. The van der Waals surface area contributed by atoms with E-state index in [1.54, 1.807) is 19.3 Å². The summed E-state index contributed by atoms with van der Waals surface area (Å²) in [6, 6.07) is 5.22. The lowest BCUT2D eigenvalue weighted by atomic mass is 10.0. The summed E-state index contributed by atoms with van der Waals surface area (Å²) in [5, 5.41) is 3.07.